The highest BCUT2D eigenvalue weighted by atomic mass is 33.1. The molecule has 0 fully saturated rings. The van der Waals surface area contributed by atoms with Gasteiger partial charge in [-0.05, 0) is 103 Å². The van der Waals surface area contributed by atoms with Crippen LogP contribution in [0, 0.1) is 25.7 Å². The van der Waals surface area contributed by atoms with Gasteiger partial charge in [0.2, 0.25) is 0 Å². The van der Waals surface area contributed by atoms with Crippen LogP contribution in [-0.4, -0.2) is 47.0 Å². The standard InChI is InChI=1S/C36H52N2O6S2/c1-21(2)19-27(33(41)43-35(7,8)9)37-31(39)25-17-13-15-23(5)29(25)45-46-30-24(6)16-14-18-26(30)32(40)38-28(20-22(3)4)34(42)44-36(10,11)12/h13-18,21-22,27-28H,19-20H2,1-12H3,(H,37,39)(H,38,40)/t27-,28-/m0/s1. The third kappa shape index (κ3) is 12.7. The molecule has 0 aliphatic heterocycles. The van der Waals surface area contributed by atoms with Gasteiger partial charge in [0.1, 0.15) is 23.3 Å². The maximum Gasteiger partial charge on any atom is 0.329 e. The summed E-state index contributed by atoms with van der Waals surface area (Å²) in [6.45, 7) is 22.6. The molecule has 0 unspecified atom stereocenters. The number of hydrogen-bond donors (Lipinski definition) is 2. The van der Waals surface area contributed by atoms with Gasteiger partial charge in [0.05, 0.1) is 11.1 Å². The van der Waals surface area contributed by atoms with E-state index in [1.165, 1.54) is 21.6 Å². The minimum atomic E-state index is -0.798. The van der Waals surface area contributed by atoms with Crippen LogP contribution >= 0.6 is 21.6 Å². The van der Waals surface area contributed by atoms with Crippen molar-refractivity contribution in [3.8, 4) is 0 Å². The Morgan fingerprint density at radius 1 is 0.630 bits per heavy atom. The van der Waals surface area contributed by atoms with Crippen LogP contribution < -0.4 is 10.6 Å². The van der Waals surface area contributed by atoms with Gasteiger partial charge in [0.15, 0.2) is 0 Å². The summed E-state index contributed by atoms with van der Waals surface area (Å²) in [5, 5.41) is 5.83. The van der Waals surface area contributed by atoms with Crippen LogP contribution in [0.1, 0.15) is 114 Å². The lowest BCUT2D eigenvalue weighted by molar-refractivity contribution is -0.158. The maximum atomic E-state index is 13.7. The number of carbonyl (C=O) groups excluding carboxylic acids is 4. The number of nitrogens with one attached hydrogen (secondary N) is 2. The van der Waals surface area contributed by atoms with Crippen molar-refractivity contribution in [1.82, 2.24) is 10.6 Å². The predicted octanol–water partition coefficient (Wildman–Crippen LogP) is 8.08. The first-order chi connectivity index (χ1) is 21.2. The average Bonchev–Trinajstić information content (AvgIpc) is 2.89. The fourth-order valence-electron chi connectivity index (χ4n) is 4.56. The predicted molar refractivity (Wildman–Crippen MR) is 187 cm³/mol. The lowest BCUT2D eigenvalue weighted by Gasteiger charge is -2.26. The second kappa shape index (κ2) is 16.7. The van der Waals surface area contributed by atoms with Crippen molar-refractivity contribution in [3.05, 3.63) is 58.7 Å². The molecule has 0 saturated heterocycles. The lowest BCUT2D eigenvalue weighted by atomic mass is 10.0. The maximum absolute atomic E-state index is 13.7. The van der Waals surface area contributed by atoms with Crippen LogP contribution in [0.2, 0.25) is 0 Å². The van der Waals surface area contributed by atoms with E-state index in [9.17, 15) is 19.2 Å². The van der Waals surface area contributed by atoms with E-state index in [2.05, 4.69) is 10.6 Å². The first-order valence-electron chi connectivity index (χ1n) is 15.8. The van der Waals surface area contributed by atoms with E-state index in [0.717, 1.165) is 20.9 Å². The summed E-state index contributed by atoms with van der Waals surface area (Å²) in [7, 11) is 2.74. The summed E-state index contributed by atoms with van der Waals surface area (Å²) < 4.78 is 11.2. The first-order valence-corrected chi connectivity index (χ1v) is 17.9. The van der Waals surface area contributed by atoms with Gasteiger partial charge in [-0.25, -0.2) is 9.59 Å². The van der Waals surface area contributed by atoms with Gasteiger partial charge in [-0.1, -0.05) is 73.5 Å². The molecule has 2 aromatic carbocycles. The number of rotatable bonds is 13. The summed E-state index contributed by atoms with van der Waals surface area (Å²) in [5.41, 5.74) is 1.25. The molecule has 10 heteroatoms. The highest BCUT2D eigenvalue weighted by Crippen LogP contribution is 2.43. The largest absolute Gasteiger partial charge is 0.458 e. The van der Waals surface area contributed by atoms with E-state index in [1.807, 2.05) is 65.8 Å². The molecule has 2 N–H and O–H groups in total. The molecule has 2 atom stereocenters. The van der Waals surface area contributed by atoms with Gasteiger partial charge in [-0.3, -0.25) is 9.59 Å². The van der Waals surface area contributed by atoms with Gasteiger partial charge < -0.3 is 20.1 Å². The normalized spacial score (nSPS) is 13.3. The fraction of sp³-hybridized carbons (Fsp3) is 0.556. The van der Waals surface area contributed by atoms with Crippen LogP contribution in [0.15, 0.2) is 46.2 Å². The van der Waals surface area contributed by atoms with Crippen molar-refractivity contribution in [2.45, 2.75) is 129 Å². The van der Waals surface area contributed by atoms with E-state index in [4.69, 9.17) is 9.47 Å². The van der Waals surface area contributed by atoms with Crippen LogP contribution in [-0.2, 0) is 19.1 Å². The molecule has 2 amide bonds. The van der Waals surface area contributed by atoms with E-state index in [1.54, 1.807) is 53.7 Å². The Labute approximate surface area is 283 Å². The fourth-order valence-corrected chi connectivity index (χ4v) is 7.45. The third-order valence-electron chi connectivity index (χ3n) is 6.53. The quantitative estimate of drug-likeness (QED) is 0.162. The minimum Gasteiger partial charge on any atom is -0.458 e. The monoisotopic (exact) mass is 672 g/mol. The van der Waals surface area contributed by atoms with Gasteiger partial charge in [-0.2, -0.15) is 0 Å². The third-order valence-corrected chi connectivity index (χ3v) is 9.28. The van der Waals surface area contributed by atoms with Crippen molar-refractivity contribution in [2.24, 2.45) is 11.8 Å². The molecule has 254 valence electrons. The van der Waals surface area contributed by atoms with E-state index in [-0.39, 0.29) is 23.7 Å². The number of benzene rings is 2. The second-order valence-corrected chi connectivity index (χ2v) is 16.6. The van der Waals surface area contributed by atoms with Crippen molar-refractivity contribution in [3.63, 3.8) is 0 Å². The Hall–Kier alpha value is -2.98. The lowest BCUT2D eigenvalue weighted by Crippen LogP contribution is -2.45. The van der Waals surface area contributed by atoms with Crippen molar-refractivity contribution < 1.29 is 28.7 Å². The number of esters is 2. The van der Waals surface area contributed by atoms with Gasteiger partial charge in [-0.15, -0.1) is 0 Å². The summed E-state index contributed by atoms with van der Waals surface area (Å²) >= 11 is 0. The zero-order valence-corrected chi connectivity index (χ0v) is 31.1. The van der Waals surface area contributed by atoms with Crippen molar-refractivity contribution >= 4 is 45.3 Å². The minimum absolute atomic E-state index is 0.154. The molecule has 0 spiro atoms. The molecule has 2 rings (SSSR count). The molecule has 0 aliphatic rings. The molecule has 2 aromatic rings. The summed E-state index contributed by atoms with van der Waals surface area (Å²) in [6, 6.07) is 9.32. The molecular formula is C36H52N2O6S2. The molecule has 0 bridgehead atoms. The SMILES string of the molecule is Cc1cccc(C(=O)N[C@@H](CC(C)C)C(=O)OC(C)(C)C)c1SSc1c(C)cccc1C(=O)N[C@@H](CC(C)C)C(=O)OC(C)(C)C. The molecule has 0 aliphatic carbocycles. The van der Waals surface area contributed by atoms with Gasteiger partial charge in [0, 0.05) is 9.79 Å². The van der Waals surface area contributed by atoms with Crippen molar-refractivity contribution in [1.29, 1.82) is 0 Å². The Morgan fingerprint density at radius 3 is 1.24 bits per heavy atom. The molecule has 0 saturated carbocycles. The highest BCUT2D eigenvalue weighted by Gasteiger charge is 2.30. The summed E-state index contributed by atoms with van der Waals surface area (Å²) in [6.07, 6.45) is 0.874. The van der Waals surface area contributed by atoms with Gasteiger partial charge >= 0.3 is 11.9 Å². The number of amides is 2. The second-order valence-electron chi connectivity index (χ2n) is 14.4. The average molecular weight is 673 g/mol. The van der Waals surface area contributed by atoms with Gasteiger partial charge in [0.25, 0.3) is 11.8 Å². The Bertz CT molecular complexity index is 1290. The number of aryl methyl sites for hydroxylation is 2. The molecule has 0 aromatic heterocycles. The van der Waals surface area contributed by atoms with Crippen LogP contribution in [0.5, 0.6) is 0 Å². The first kappa shape index (κ1) is 39.2. The Kier molecular flexibility index (Phi) is 14.3. The van der Waals surface area contributed by atoms with Crippen LogP contribution in [0.4, 0.5) is 0 Å². The zero-order valence-electron chi connectivity index (χ0n) is 29.5. The van der Waals surface area contributed by atoms with Crippen LogP contribution in [0.3, 0.4) is 0 Å². The number of ether oxygens (including phenoxy) is 2. The molecular weight excluding hydrogens is 621 g/mol. The molecule has 0 heterocycles. The van der Waals surface area contributed by atoms with Crippen molar-refractivity contribution in [2.75, 3.05) is 0 Å². The summed E-state index contributed by atoms with van der Waals surface area (Å²) in [4.78, 5) is 54.7. The highest BCUT2D eigenvalue weighted by molar-refractivity contribution is 8.76. The molecule has 8 nitrogen and oxygen atoms in total. The Balaban J connectivity index is 2.36. The zero-order chi connectivity index (χ0) is 35.0. The summed E-state index contributed by atoms with van der Waals surface area (Å²) in [5.74, 6) is -1.38. The van der Waals surface area contributed by atoms with E-state index in [0.29, 0.717) is 24.0 Å². The number of carbonyl (C=O) groups is 4. The molecule has 46 heavy (non-hydrogen) atoms. The van der Waals surface area contributed by atoms with E-state index >= 15 is 0 Å². The van der Waals surface area contributed by atoms with E-state index < -0.39 is 35.2 Å². The van der Waals surface area contributed by atoms with Crippen LogP contribution in [0.25, 0.3) is 0 Å². The Morgan fingerprint density at radius 2 is 0.957 bits per heavy atom. The topological polar surface area (TPSA) is 111 Å². The molecule has 0 radical (unpaired) electrons. The number of hydrogen-bond acceptors (Lipinski definition) is 8. The smallest absolute Gasteiger partial charge is 0.329 e.